The van der Waals surface area contributed by atoms with Crippen molar-refractivity contribution in [3.05, 3.63) is 0 Å². The zero-order chi connectivity index (χ0) is 10.3. The Morgan fingerprint density at radius 3 is 2.54 bits per heavy atom. The maximum atomic E-state index is 10.5. The first-order chi connectivity index (χ1) is 6.07. The Kier molecular flexibility index (Phi) is 7.09. The van der Waals surface area contributed by atoms with Gasteiger partial charge in [0, 0.05) is 6.04 Å². The lowest BCUT2D eigenvalue weighted by Crippen LogP contribution is -2.30. The van der Waals surface area contributed by atoms with Crippen LogP contribution in [0.1, 0.15) is 19.8 Å². The summed E-state index contributed by atoms with van der Waals surface area (Å²) in [5.41, 5.74) is 0. The molecule has 0 aliphatic rings. The van der Waals surface area contributed by atoms with Gasteiger partial charge in [0.25, 0.3) is 0 Å². The molecule has 1 atom stereocenters. The van der Waals surface area contributed by atoms with Crippen LogP contribution in [0.4, 0.5) is 0 Å². The smallest absolute Gasteiger partial charge is 0.304 e. The van der Waals surface area contributed by atoms with E-state index in [1.807, 2.05) is 30.8 Å². The van der Waals surface area contributed by atoms with Crippen LogP contribution in [-0.4, -0.2) is 47.6 Å². The molecule has 13 heavy (non-hydrogen) atoms. The predicted molar refractivity (Wildman–Crippen MR) is 57.3 cm³/mol. The van der Waals surface area contributed by atoms with E-state index in [0.29, 0.717) is 0 Å². The molecule has 0 saturated carbocycles. The van der Waals surface area contributed by atoms with Crippen molar-refractivity contribution in [3.8, 4) is 0 Å². The minimum absolute atomic E-state index is 0.177. The van der Waals surface area contributed by atoms with E-state index in [1.165, 1.54) is 0 Å². The van der Waals surface area contributed by atoms with Crippen LogP contribution in [0.15, 0.2) is 0 Å². The van der Waals surface area contributed by atoms with E-state index in [0.717, 1.165) is 17.9 Å². The fourth-order valence-electron chi connectivity index (χ4n) is 1.11. The number of aliphatic carboxylic acids is 1. The van der Waals surface area contributed by atoms with Crippen LogP contribution in [-0.2, 0) is 4.79 Å². The lowest BCUT2D eigenvalue weighted by molar-refractivity contribution is -0.138. The van der Waals surface area contributed by atoms with Crippen molar-refractivity contribution < 1.29 is 9.90 Å². The summed E-state index contributed by atoms with van der Waals surface area (Å²) in [5.74, 6) is 1.44. The summed E-state index contributed by atoms with van der Waals surface area (Å²) in [6, 6.07) is 0.177. The maximum Gasteiger partial charge on any atom is 0.304 e. The topological polar surface area (TPSA) is 40.5 Å². The monoisotopic (exact) mass is 205 g/mol. The van der Waals surface area contributed by atoms with Gasteiger partial charge in [-0.15, -0.1) is 0 Å². The summed E-state index contributed by atoms with van der Waals surface area (Å²) < 4.78 is 0. The maximum absolute atomic E-state index is 10.5. The number of rotatable bonds is 7. The molecule has 0 bridgehead atoms. The van der Waals surface area contributed by atoms with Crippen LogP contribution in [0.5, 0.6) is 0 Å². The summed E-state index contributed by atoms with van der Waals surface area (Å²) in [6.07, 6.45) is 1.20. The van der Waals surface area contributed by atoms with Gasteiger partial charge < -0.3 is 10.0 Å². The van der Waals surface area contributed by atoms with Gasteiger partial charge in [0.1, 0.15) is 0 Å². The van der Waals surface area contributed by atoms with Gasteiger partial charge in [-0.25, -0.2) is 0 Å². The summed E-state index contributed by atoms with van der Waals surface area (Å²) in [6.45, 7) is 2.12. The Labute approximate surface area is 84.5 Å². The molecule has 1 N–H and O–H groups in total. The van der Waals surface area contributed by atoms with E-state index in [2.05, 4.69) is 6.92 Å². The van der Waals surface area contributed by atoms with Crippen LogP contribution in [0, 0.1) is 0 Å². The second kappa shape index (κ2) is 7.21. The van der Waals surface area contributed by atoms with E-state index in [9.17, 15) is 4.79 Å². The number of carbonyl (C=O) groups is 1. The number of nitrogens with zero attached hydrogens (tertiary/aromatic N) is 1. The quantitative estimate of drug-likeness (QED) is 0.640. The highest BCUT2D eigenvalue weighted by Crippen LogP contribution is 2.10. The second-order valence-corrected chi connectivity index (χ2v) is 4.59. The summed E-state index contributed by atoms with van der Waals surface area (Å²) in [7, 11) is 3.87. The third kappa shape index (κ3) is 6.90. The molecule has 0 fully saturated rings. The van der Waals surface area contributed by atoms with Crippen LogP contribution >= 0.6 is 11.8 Å². The van der Waals surface area contributed by atoms with Gasteiger partial charge in [-0.05, 0) is 32.0 Å². The van der Waals surface area contributed by atoms with Crippen LogP contribution in [0.3, 0.4) is 0 Å². The third-order valence-electron chi connectivity index (χ3n) is 1.94. The second-order valence-electron chi connectivity index (χ2n) is 3.20. The van der Waals surface area contributed by atoms with Gasteiger partial charge in [-0.3, -0.25) is 4.79 Å². The van der Waals surface area contributed by atoms with E-state index >= 15 is 0 Å². The first kappa shape index (κ1) is 12.8. The molecule has 0 rings (SSSR count). The molecule has 0 aromatic rings. The largest absolute Gasteiger partial charge is 0.481 e. The van der Waals surface area contributed by atoms with Gasteiger partial charge in [0.2, 0.25) is 0 Å². The number of thioether (sulfide) groups is 1. The Morgan fingerprint density at radius 1 is 1.54 bits per heavy atom. The predicted octanol–water partition coefficient (Wildman–Crippen LogP) is 1.53. The molecule has 0 saturated heterocycles. The summed E-state index contributed by atoms with van der Waals surface area (Å²) >= 11 is 1.86. The molecule has 4 heteroatoms. The number of hydrogen-bond acceptors (Lipinski definition) is 3. The SMILES string of the molecule is CCSCCC(CC(=O)O)N(C)C. The highest BCUT2D eigenvalue weighted by atomic mass is 32.2. The zero-order valence-electron chi connectivity index (χ0n) is 8.62. The molecular weight excluding hydrogens is 186 g/mol. The van der Waals surface area contributed by atoms with Crippen molar-refractivity contribution in [2.75, 3.05) is 25.6 Å². The van der Waals surface area contributed by atoms with Crippen LogP contribution in [0.25, 0.3) is 0 Å². The highest BCUT2D eigenvalue weighted by Gasteiger charge is 2.14. The molecule has 78 valence electrons. The zero-order valence-corrected chi connectivity index (χ0v) is 9.43. The third-order valence-corrected chi connectivity index (χ3v) is 2.87. The number of hydrogen-bond donors (Lipinski definition) is 1. The average molecular weight is 205 g/mol. The number of carboxylic acids is 1. The molecule has 0 aliphatic heterocycles. The van der Waals surface area contributed by atoms with Gasteiger partial charge in [-0.1, -0.05) is 6.92 Å². The van der Waals surface area contributed by atoms with Crippen molar-refractivity contribution in [1.82, 2.24) is 4.90 Å². The molecule has 0 amide bonds. The van der Waals surface area contributed by atoms with E-state index in [4.69, 9.17) is 5.11 Å². The standard InChI is InChI=1S/C9H19NO2S/c1-4-13-6-5-8(10(2)3)7-9(11)12/h8H,4-7H2,1-3H3,(H,11,12). The van der Waals surface area contributed by atoms with Crippen molar-refractivity contribution in [1.29, 1.82) is 0 Å². The number of carboxylic acid groups (broad SMARTS) is 1. The van der Waals surface area contributed by atoms with Crippen molar-refractivity contribution in [3.63, 3.8) is 0 Å². The fourth-order valence-corrected chi connectivity index (χ4v) is 1.84. The summed E-state index contributed by atoms with van der Waals surface area (Å²) in [4.78, 5) is 12.5. The molecule has 0 aliphatic carbocycles. The van der Waals surface area contributed by atoms with E-state index in [1.54, 1.807) is 0 Å². The lowest BCUT2D eigenvalue weighted by atomic mass is 10.1. The Bertz CT molecular complexity index is 151. The van der Waals surface area contributed by atoms with Crippen molar-refractivity contribution >= 4 is 17.7 Å². The van der Waals surface area contributed by atoms with Crippen LogP contribution in [0.2, 0.25) is 0 Å². The van der Waals surface area contributed by atoms with Crippen molar-refractivity contribution in [2.24, 2.45) is 0 Å². The van der Waals surface area contributed by atoms with E-state index in [-0.39, 0.29) is 12.5 Å². The fraction of sp³-hybridized carbons (Fsp3) is 0.889. The molecule has 0 aromatic heterocycles. The molecule has 0 heterocycles. The Morgan fingerprint density at radius 2 is 2.15 bits per heavy atom. The van der Waals surface area contributed by atoms with Gasteiger partial charge in [0.15, 0.2) is 0 Å². The first-order valence-corrected chi connectivity index (χ1v) is 5.69. The van der Waals surface area contributed by atoms with Crippen molar-refractivity contribution in [2.45, 2.75) is 25.8 Å². The molecular formula is C9H19NO2S. The molecule has 0 spiro atoms. The highest BCUT2D eigenvalue weighted by molar-refractivity contribution is 7.99. The minimum Gasteiger partial charge on any atom is -0.481 e. The Balaban J connectivity index is 3.74. The van der Waals surface area contributed by atoms with Gasteiger partial charge in [-0.2, -0.15) is 11.8 Å². The molecule has 0 radical (unpaired) electrons. The van der Waals surface area contributed by atoms with Crippen LogP contribution < -0.4 is 0 Å². The summed E-state index contributed by atoms with van der Waals surface area (Å²) in [5, 5.41) is 8.66. The molecule has 0 aromatic carbocycles. The minimum atomic E-state index is -0.708. The first-order valence-electron chi connectivity index (χ1n) is 4.53. The van der Waals surface area contributed by atoms with Gasteiger partial charge >= 0.3 is 5.97 Å². The normalized spacial score (nSPS) is 13.2. The van der Waals surface area contributed by atoms with Gasteiger partial charge in [0.05, 0.1) is 6.42 Å². The van der Waals surface area contributed by atoms with E-state index < -0.39 is 5.97 Å². The molecule has 1 unspecified atom stereocenters. The lowest BCUT2D eigenvalue weighted by Gasteiger charge is -2.22. The molecule has 3 nitrogen and oxygen atoms in total. The Hall–Kier alpha value is -0.220. The average Bonchev–Trinajstić information content (AvgIpc) is 2.02.